The van der Waals surface area contributed by atoms with Gasteiger partial charge in [0.15, 0.2) is 0 Å². The van der Waals surface area contributed by atoms with Crippen LogP contribution in [-0.2, 0) is 6.54 Å². The van der Waals surface area contributed by atoms with E-state index in [9.17, 15) is 13.6 Å². The molecule has 0 unspecified atom stereocenters. The smallest absolute Gasteiger partial charge is 0.313 e. The molecule has 5 heteroatoms. The Hall–Kier alpha value is -0.710. The van der Waals surface area contributed by atoms with E-state index in [4.69, 9.17) is 0 Å². The lowest BCUT2D eigenvalue weighted by molar-refractivity contribution is -0.00462. The van der Waals surface area contributed by atoms with Crippen molar-refractivity contribution in [2.24, 2.45) is 0 Å². The predicted molar refractivity (Wildman–Crippen MR) is 50.8 cm³/mol. The molecule has 0 fully saturated rings. The molecule has 0 saturated carbocycles. The second kappa shape index (κ2) is 2.89. The monoisotopic (exact) mass is 263 g/mol. The Morgan fingerprint density at radius 3 is 2.86 bits per heavy atom. The maximum atomic E-state index is 13.1. The van der Waals surface area contributed by atoms with Gasteiger partial charge in [-0.15, -0.1) is 0 Å². The SMILES string of the molecule is Cc1cc(Br)n2c1C(=O)C(F)(F)CC2. The standard InChI is InChI=1S/C9H8BrF2NO/c1-5-4-6(10)13-3-2-9(11,12)8(14)7(5)13/h4H,2-3H2,1H3. The minimum atomic E-state index is -3.20. The minimum absolute atomic E-state index is 0.133. The number of fused-ring (bicyclic) bond motifs is 1. The van der Waals surface area contributed by atoms with Gasteiger partial charge < -0.3 is 4.57 Å². The van der Waals surface area contributed by atoms with Gasteiger partial charge in [0.1, 0.15) is 0 Å². The maximum Gasteiger partial charge on any atom is 0.313 e. The van der Waals surface area contributed by atoms with Gasteiger partial charge in [0.25, 0.3) is 0 Å². The Balaban J connectivity index is 2.61. The molecule has 0 N–H and O–H groups in total. The van der Waals surface area contributed by atoms with Crippen LogP contribution in [0.15, 0.2) is 10.7 Å². The fourth-order valence-electron chi connectivity index (χ4n) is 1.70. The Bertz CT molecular complexity index is 411. The molecular formula is C9H8BrF2NO. The van der Waals surface area contributed by atoms with Crippen LogP contribution in [0.5, 0.6) is 0 Å². The number of carbonyl (C=O) groups excluding carboxylic acids is 1. The number of hydrogen-bond donors (Lipinski definition) is 0. The molecule has 14 heavy (non-hydrogen) atoms. The number of nitrogens with zero attached hydrogens (tertiary/aromatic N) is 1. The molecule has 0 spiro atoms. The van der Waals surface area contributed by atoms with Crippen LogP contribution < -0.4 is 0 Å². The lowest BCUT2D eigenvalue weighted by atomic mass is 10.0. The fraction of sp³-hybridized carbons (Fsp3) is 0.444. The maximum absolute atomic E-state index is 13.1. The van der Waals surface area contributed by atoms with Crippen molar-refractivity contribution in [3.63, 3.8) is 0 Å². The molecule has 0 aliphatic carbocycles. The first-order valence-corrected chi connectivity index (χ1v) is 5.01. The number of alkyl halides is 2. The number of hydrogen-bond acceptors (Lipinski definition) is 1. The topological polar surface area (TPSA) is 22.0 Å². The number of ketones is 1. The molecular weight excluding hydrogens is 256 g/mol. The predicted octanol–water partition coefficient (Wildman–Crippen LogP) is 2.78. The first-order chi connectivity index (χ1) is 6.43. The summed E-state index contributed by atoms with van der Waals surface area (Å²) in [6, 6.07) is 1.69. The van der Waals surface area contributed by atoms with E-state index in [0.717, 1.165) is 0 Å². The van der Waals surface area contributed by atoms with E-state index in [0.29, 0.717) is 10.2 Å². The second-order valence-electron chi connectivity index (χ2n) is 3.43. The summed E-state index contributed by atoms with van der Waals surface area (Å²) in [5, 5.41) is 0. The minimum Gasteiger partial charge on any atom is -0.332 e. The van der Waals surface area contributed by atoms with Crippen LogP contribution in [0, 0.1) is 6.92 Å². The number of carbonyl (C=O) groups is 1. The molecule has 0 radical (unpaired) electrons. The number of rotatable bonds is 0. The van der Waals surface area contributed by atoms with Crippen LogP contribution in [-0.4, -0.2) is 16.3 Å². The van der Waals surface area contributed by atoms with Crippen LogP contribution >= 0.6 is 15.9 Å². The molecule has 76 valence electrons. The number of aryl methyl sites for hydroxylation is 1. The Morgan fingerprint density at radius 2 is 2.21 bits per heavy atom. The average Bonchev–Trinajstić information content (AvgIpc) is 2.35. The molecule has 0 saturated heterocycles. The molecule has 0 bridgehead atoms. The molecule has 1 aromatic heterocycles. The highest BCUT2D eigenvalue weighted by molar-refractivity contribution is 9.10. The van der Waals surface area contributed by atoms with Crippen molar-refractivity contribution in [3.8, 4) is 0 Å². The summed E-state index contributed by atoms with van der Waals surface area (Å²) < 4.78 is 28.5. The van der Waals surface area contributed by atoms with Crippen LogP contribution in [0.25, 0.3) is 0 Å². The lowest BCUT2D eigenvalue weighted by Gasteiger charge is -2.23. The van der Waals surface area contributed by atoms with E-state index in [1.54, 1.807) is 17.6 Å². The third-order valence-corrected chi connectivity index (χ3v) is 3.09. The van der Waals surface area contributed by atoms with Gasteiger partial charge in [-0.05, 0) is 34.5 Å². The summed E-state index contributed by atoms with van der Waals surface area (Å²) in [4.78, 5) is 11.4. The van der Waals surface area contributed by atoms with Gasteiger partial charge in [0.05, 0.1) is 10.3 Å². The highest BCUT2D eigenvalue weighted by Gasteiger charge is 2.44. The molecule has 2 heterocycles. The Morgan fingerprint density at radius 1 is 1.57 bits per heavy atom. The largest absolute Gasteiger partial charge is 0.332 e. The molecule has 0 aromatic carbocycles. The normalized spacial score (nSPS) is 19.6. The van der Waals surface area contributed by atoms with Gasteiger partial charge in [0, 0.05) is 13.0 Å². The highest BCUT2D eigenvalue weighted by Crippen LogP contribution is 2.34. The van der Waals surface area contributed by atoms with Crippen LogP contribution in [0.2, 0.25) is 0 Å². The van der Waals surface area contributed by atoms with E-state index < -0.39 is 18.1 Å². The van der Waals surface area contributed by atoms with Crippen LogP contribution in [0.1, 0.15) is 22.5 Å². The lowest BCUT2D eigenvalue weighted by Crippen LogP contribution is -2.37. The summed E-state index contributed by atoms with van der Waals surface area (Å²) in [6.45, 7) is 1.85. The molecule has 2 rings (SSSR count). The quantitative estimate of drug-likeness (QED) is 0.706. The van der Waals surface area contributed by atoms with Gasteiger partial charge in [-0.25, -0.2) is 0 Å². The molecule has 1 aliphatic heterocycles. The molecule has 0 amide bonds. The molecule has 0 atom stereocenters. The zero-order chi connectivity index (χ0) is 10.5. The van der Waals surface area contributed by atoms with E-state index in [1.807, 2.05) is 0 Å². The first kappa shape index (κ1) is 9.83. The third kappa shape index (κ3) is 1.22. The summed E-state index contributed by atoms with van der Waals surface area (Å²) in [5.41, 5.74) is 0.731. The van der Waals surface area contributed by atoms with Crippen molar-refractivity contribution in [2.45, 2.75) is 25.8 Å². The Kier molecular flexibility index (Phi) is 2.03. The van der Waals surface area contributed by atoms with Crippen molar-refractivity contribution in [1.29, 1.82) is 0 Å². The number of halogens is 3. The zero-order valence-corrected chi connectivity index (χ0v) is 9.07. The summed E-state index contributed by atoms with van der Waals surface area (Å²) in [5.74, 6) is -4.26. The van der Waals surface area contributed by atoms with Crippen molar-refractivity contribution >= 4 is 21.7 Å². The van der Waals surface area contributed by atoms with E-state index >= 15 is 0 Å². The van der Waals surface area contributed by atoms with Gasteiger partial charge in [-0.3, -0.25) is 4.79 Å². The summed E-state index contributed by atoms with van der Waals surface area (Å²) in [7, 11) is 0. The molecule has 1 aliphatic rings. The van der Waals surface area contributed by atoms with E-state index in [1.165, 1.54) is 0 Å². The fourth-order valence-corrected chi connectivity index (χ4v) is 2.40. The number of Topliss-reactive ketones (excluding diaryl/α,β-unsaturated/α-hetero) is 1. The van der Waals surface area contributed by atoms with Crippen LogP contribution in [0.3, 0.4) is 0 Å². The van der Waals surface area contributed by atoms with Crippen molar-refractivity contribution in [1.82, 2.24) is 4.57 Å². The summed E-state index contributed by atoms with van der Waals surface area (Å²) in [6.07, 6.45) is -0.411. The van der Waals surface area contributed by atoms with Gasteiger partial charge >= 0.3 is 5.92 Å². The second-order valence-corrected chi connectivity index (χ2v) is 4.25. The number of aromatic nitrogens is 1. The average molecular weight is 264 g/mol. The van der Waals surface area contributed by atoms with Crippen LogP contribution in [0.4, 0.5) is 8.78 Å². The highest BCUT2D eigenvalue weighted by atomic mass is 79.9. The van der Waals surface area contributed by atoms with E-state index in [-0.39, 0.29) is 12.2 Å². The van der Waals surface area contributed by atoms with E-state index in [2.05, 4.69) is 15.9 Å². The van der Waals surface area contributed by atoms with Crippen molar-refractivity contribution in [2.75, 3.05) is 0 Å². The van der Waals surface area contributed by atoms with Gasteiger partial charge in [0.2, 0.25) is 5.78 Å². The van der Waals surface area contributed by atoms with Gasteiger partial charge in [-0.1, -0.05) is 0 Å². The Labute approximate surface area is 88.0 Å². The van der Waals surface area contributed by atoms with Gasteiger partial charge in [-0.2, -0.15) is 8.78 Å². The molecule has 2 nitrogen and oxygen atoms in total. The summed E-state index contributed by atoms with van der Waals surface area (Å²) >= 11 is 3.23. The van der Waals surface area contributed by atoms with Crippen molar-refractivity contribution in [3.05, 3.63) is 21.9 Å². The zero-order valence-electron chi connectivity index (χ0n) is 7.48. The third-order valence-electron chi connectivity index (χ3n) is 2.43. The van der Waals surface area contributed by atoms with Crippen molar-refractivity contribution < 1.29 is 13.6 Å². The first-order valence-electron chi connectivity index (χ1n) is 4.22. The molecule has 1 aromatic rings.